The molecule has 2 aromatic rings. The van der Waals surface area contributed by atoms with Gasteiger partial charge in [-0.25, -0.2) is 4.79 Å². The van der Waals surface area contributed by atoms with Gasteiger partial charge in [-0.2, -0.15) is 0 Å². The molecule has 0 aromatic heterocycles. The number of carbonyl (C=O) groups excluding carboxylic acids is 2. The van der Waals surface area contributed by atoms with E-state index in [0.717, 1.165) is 22.4 Å². The van der Waals surface area contributed by atoms with Crippen molar-refractivity contribution in [3.8, 4) is 0 Å². The average molecular weight is 342 g/mol. The average Bonchev–Trinajstić information content (AvgIpc) is 3.05. The molecule has 4 rings (SSSR count). The summed E-state index contributed by atoms with van der Waals surface area (Å²) in [6, 6.07) is 11.1. The minimum atomic E-state index is -0.602. The van der Waals surface area contributed by atoms with Crippen molar-refractivity contribution in [3.05, 3.63) is 63.7 Å². The van der Waals surface area contributed by atoms with Gasteiger partial charge in [0.05, 0.1) is 17.6 Å². The molecule has 2 aliphatic rings. The lowest BCUT2D eigenvalue weighted by atomic mass is 9.79. The predicted octanol–water partition coefficient (Wildman–Crippen LogP) is 3.51. The van der Waals surface area contributed by atoms with E-state index in [1.54, 1.807) is 19.1 Å². The second-order valence-electron chi connectivity index (χ2n) is 6.28. The van der Waals surface area contributed by atoms with E-state index in [-0.39, 0.29) is 11.9 Å². The van der Waals surface area contributed by atoms with E-state index in [4.69, 9.17) is 16.3 Å². The van der Waals surface area contributed by atoms with Crippen molar-refractivity contribution >= 4 is 29.2 Å². The van der Waals surface area contributed by atoms with Crippen molar-refractivity contribution in [3.63, 3.8) is 0 Å². The molecule has 1 heterocycles. The molecule has 0 saturated carbocycles. The van der Waals surface area contributed by atoms with Gasteiger partial charge in [-0.1, -0.05) is 23.7 Å². The van der Waals surface area contributed by atoms with Crippen LogP contribution in [0.5, 0.6) is 0 Å². The van der Waals surface area contributed by atoms with Gasteiger partial charge in [0.15, 0.2) is 0 Å². The van der Waals surface area contributed by atoms with Crippen LogP contribution in [0.4, 0.5) is 5.69 Å². The van der Waals surface area contributed by atoms with Gasteiger partial charge in [-0.3, -0.25) is 4.79 Å². The molecular formula is C19H16ClNO3. The maximum Gasteiger partial charge on any atom is 0.338 e. The van der Waals surface area contributed by atoms with Crippen molar-refractivity contribution in [2.75, 3.05) is 11.9 Å². The summed E-state index contributed by atoms with van der Waals surface area (Å²) in [4.78, 5) is 24.7. The molecule has 0 fully saturated rings. The number of ether oxygens (including phenoxy) is 1. The van der Waals surface area contributed by atoms with Crippen LogP contribution in [0.1, 0.15) is 34.0 Å². The summed E-state index contributed by atoms with van der Waals surface area (Å²) in [6.45, 7) is 2.13. The fourth-order valence-corrected chi connectivity index (χ4v) is 3.94. The third kappa shape index (κ3) is 2.13. The lowest BCUT2D eigenvalue weighted by molar-refractivity contribution is -0.120. The Morgan fingerprint density at radius 1 is 1.21 bits per heavy atom. The second kappa shape index (κ2) is 5.35. The topological polar surface area (TPSA) is 55.4 Å². The first-order chi connectivity index (χ1) is 11.5. The van der Waals surface area contributed by atoms with Crippen LogP contribution in [0, 0.1) is 0 Å². The van der Waals surface area contributed by atoms with Gasteiger partial charge in [0.2, 0.25) is 5.91 Å². The van der Waals surface area contributed by atoms with E-state index in [2.05, 4.69) is 5.32 Å². The Labute approximate surface area is 144 Å². The zero-order valence-corrected chi connectivity index (χ0v) is 13.9. The van der Waals surface area contributed by atoms with Gasteiger partial charge < -0.3 is 10.1 Å². The number of fused-ring (bicyclic) bond motifs is 3. The highest BCUT2D eigenvalue weighted by molar-refractivity contribution is 6.31. The molecule has 0 radical (unpaired) electrons. The summed E-state index contributed by atoms with van der Waals surface area (Å²) in [7, 11) is 0. The van der Waals surface area contributed by atoms with E-state index < -0.39 is 5.41 Å². The van der Waals surface area contributed by atoms with Gasteiger partial charge in [0.25, 0.3) is 0 Å². The summed E-state index contributed by atoms with van der Waals surface area (Å²) in [5.41, 5.74) is 3.81. The Morgan fingerprint density at radius 2 is 2.00 bits per heavy atom. The number of nitrogens with one attached hydrogen (secondary N) is 1. The Morgan fingerprint density at radius 3 is 2.79 bits per heavy atom. The number of hydrogen-bond acceptors (Lipinski definition) is 3. The molecule has 0 bridgehead atoms. The third-order valence-corrected chi connectivity index (χ3v) is 5.12. The van der Waals surface area contributed by atoms with Gasteiger partial charge in [0, 0.05) is 10.7 Å². The SMILES string of the molecule is CCOC(=O)c1ccc2c(c1)CC1(C2)C(=O)Nc2cc(Cl)ccc21. The Kier molecular flexibility index (Phi) is 3.39. The van der Waals surface area contributed by atoms with Gasteiger partial charge in [-0.05, 0) is 60.7 Å². The molecule has 1 aliphatic carbocycles. The normalized spacial score (nSPS) is 20.7. The number of benzene rings is 2. The summed E-state index contributed by atoms with van der Waals surface area (Å²) in [5, 5.41) is 3.55. The van der Waals surface area contributed by atoms with Crippen LogP contribution < -0.4 is 5.32 Å². The second-order valence-corrected chi connectivity index (χ2v) is 6.72. The quantitative estimate of drug-likeness (QED) is 0.850. The molecule has 0 saturated heterocycles. The number of hydrogen-bond donors (Lipinski definition) is 1. The molecule has 1 N–H and O–H groups in total. The zero-order valence-electron chi connectivity index (χ0n) is 13.2. The van der Waals surface area contributed by atoms with E-state index in [0.29, 0.717) is 30.0 Å². The smallest absolute Gasteiger partial charge is 0.338 e. The molecule has 5 heteroatoms. The molecule has 1 amide bonds. The van der Waals surface area contributed by atoms with Crippen LogP contribution in [0.15, 0.2) is 36.4 Å². The highest BCUT2D eigenvalue weighted by atomic mass is 35.5. The van der Waals surface area contributed by atoms with Crippen LogP contribution in [0.25, 0.3) is 0 Å². The molecule has 2 aromatic carbocycles. The van der Waals surface area contributed by atoms with Crippen LogP contribution >= 0.6 is 11.6 Å². The minimum absolute atomic E-state index is 0.00588. The van der Waals surface area contributed by atoms with Crippen molar-refractivity contribution in [2.24, 2.45) is 0 Å². The largest absolute Gasteiger partial charge is 0.462 e. The fraction of sp³-hybridized carbons (Fsp3) is 0.263. The van der Waals surface area contributed by atoms with Gasteiger partial charge in [0.1, 0.15) is 0 Å². The maximum atomic E-state index is 12.7. The predicted molar refractivity (Wildman–Crippen MR) is 91.6 cm³/mol. The molecule has 1 atom stereocenters. The van der Waals surface area contributed by atoms with Crippen LogP contribution in [-0.2, 0) is 27.8 Å². The first-order valence-electron chi connectivity index (χ1n) is 7.94. The number of amides is 1. The molecule has 1 spiro atoms. The highest BCUT2D eigenvalue weighted by Gasteiger charge is 2.50. The Balaban J connectivity index is 1.73. The van der Waals surface area contributed by atoms with E-state index in [1.807, 2.05) is 24.3 Å². The lowest BCUT2D eigenvalue weighted by Crippen LogP contribution is -2.35. The molecule has 122 valence electrons. The van der Waals surface area contributed by atoms with Crippen molar-refractivity contribution < 1.29 is 14.3 Å². The van der Waals surface area contributed by atoms with Crippen molar-refractivity contribution in [1.29, 1.82) is 0 Å². The van der Waals surface area contributed by atoms with E-state index in [9.17, 15) is 9.59 Å². The monoisotopic (exact) mass is 341 g/mol. The van der Waals surface area contributed by atoms with Crippen LogP contribution in [0.2, 0.25) is 5.02 Å². The number of rotatable bonds is 2. The molecular weight excluding hydrogens is 326 g/mol. The van der Waals surface area contributed by atoms with Crippen molar-refractivity contribution in [1.82, 2.24) is 0 Å². The van der Waals surface area contributed by atoms with E-state index in [1.165, 1.54) is 0 Å². The molecule has 4 nitrogen and oxygen atoms in total. The summed E-state index contributed by atoms with van der Waals surface area (Å²) < 4.78 is 5.06. The number of anilines is 1. The Bertz CT molecular complexity index is 877. The fourth-order valence-electron chi connectivity index (χ4n) is 3.77. The third-order valence-electron chi connectivity index (χ3n) is 4.88. The molecule has 24 heavy (non-hydrogen) atoms. The summed E-state index contributed by atoms with van der Waals surface area (Å²) in [5.74, 6) is -0.335. The summed E-state index contributed by atoms with van der Waals surface area (Å²) >= 11 is 6.04. The summed E-state index contributed by atoms with van der Waals surface area (Å²) in [6.07, 6.45) is 1.21. The molecule has 1 aliphatic heterocycles. The van der Waals surface area contributed by atoms with Gasteiger partial charge in [-0.15, -0.1) is 0 Å². The van der Waals surface area contributed by atoms with Crippen LogP contribution in [-0.4, -0.2) is 18.5 Å². The number of halogens is 1. The van der Waals surface area contributed by atoms with Crippen molar-refractivity contribution in [2.45, 2.75) is 25.2 Å². The number of esters is 1. The maximum absolute atomic E-state index is 12.7. The van der Waals surface area contributed by atoms with E-state index >= 15 is 0 Å². The van der Waals surface area contributed by atoms with Crippen LogP contribution in [0.3, 0.4) is 0 Å². The Hall–Kier alpha value is -2.33. The highest BCUT2D eigenvalue weighted by Crippen LogP contribution is 2.48. The first-order valence-corrected chi connectivity index (χ1v) is 8.32. The first kappa shape index (κ1) is 15.2. The zero-order chi connectivity index (χ0) is 16.9. The standard InChI is InChI=1S/C19H16ClNO3/c1-2-24-17(22)11-3-4-12-9-19(10-13(12)7-11)15-6-5-14(20)8-16(15)21-18(19)23/h3-8H,2,9-10H2,1H3,(H,21,23). The lowest BCUT2D eigenvalue weighted by Gasteiger charge is -2.20. The minimum Gasteiger partial charge on any atom is -0.462 e. The molecule has 1 unspecified atom stereocenters. The van der Waals surface area contributed by atoms with Gasteiger partial charge >= 0.3 is 5.97 Å². The number of carbonyl (C=O) groups is 2.